The molecule has 0 bridgehead atoms. The van der Waals surface area contributed by atoms with E-state index in [4.69, 9.17) is 4.52 Å². The van der Waals surface area contributed by atoms with E-state index < -0.39 is 0 Å². The van der Waals surface area contributed by atoms with Crippen molar-refractivity contribution in [3.8, 4) is 11.4 Å². The zero-order valence-electron chi connectivity index (χ0n) is 15.7. The third-order valence-corrected chi connectivity index (χ3v) is 4.32. The first-order valence-corrected chi connectivity index (χ1v) is 9.31. The fourth-order valence-corrected chi connectivity index (χ4v) is 2.83. The highest BCUT2D eigenvalue weighted by atomic mass is 16.5. The molecular formula is C21H20N6O2. The highest BCUT2D eigenvalue weighted by Crippen LogP contribution is 2.14. The van der Waals surface area contributed by atoms with Crippen molar-refractivity contribution in [3.63, 3.8) is 0 Å². The van der Waals surface area contributed by atoms with E-state index in [-0.39, 0.29) is 12.3 Å². The van der Waals surface area contributed by atoms with Gasteiger partial charge in [0.25, 0.3) is 0 Å². The molecule has 0 saturated carbocycles. The predicted molar refractivity (Wildman–Crippen MR) is 105 cm³/mol. The molecule has 0 aliphatic rings. The lowest BCUT2D eigenvalue weighted by molar-refractivity contribution is -0.121. The first-order valence-electron chi connectivity index (χ1n) is 9.31. The van der Waals surface area contributed by atoms with Gasteiger partial charge in [0.15, 0.2) is 0 Å². The number of amides is 1. The van der Waals surface area contributed by atoms with Crippen LogP contribution in [0.5, 0.6) is 0 Å². The van der Waals surface area contributed by atoms with Crippen LogP contribution in [0, 0.1) is 0 Å². The van der Waals surface area contributed by atoms with Crippen LogP contribution < -0.4 is 5.32 Å². The van der Waals surface area contributed by atoms with E-state index in [1.165, 1.54) is 5.56 Å². The Morgan fingerprint density at radius 2 is 1.97 bits per heavy atom. The minimum atomic E-state index is -0.0815. The molecular weight excluding hydrogens is 368 g/mol. The molecule has 0 spiro atoms. The van der Waals surface area contributed by atoms with E-state index in [1.807, 2.05) is 35.1 Å². The molecule has 0 atom stereocenters. The van der Waals surface area contributed by atoms with Crippen LogP contribution in [-0.4, -0.2) is 30.8 Å². The zero-order valence-corrected chi connectivity index (χ0v) is 15.7. The van der Waals surface area contributed by atoms with Gasteiger partial charge in [0.2, 0.25) is 17.6 Å². The minimum Gasteiger partial charge on any atom is -0.352 e. The largest absolute Gasteiger partial charge is 0.352 e. The molecule has 0 saturated heterocycles. The number of nitrogens with zero attached hydrogens (tertiary/aromatic N) is 5. The Kier molecular flexibility index (Phi) is 5.70. The van der Waals surface area contributed by atoms with Gasteiger partial charge in [0, 0.05) is 49.1 Å². The van der Waals surface area contributed by atoms with Gasteiger partial charge in [-0.1, -0.05) is 35.5 Å². The molecule has 3 aromatic heterocycles. The molecule has 8 nitrogen and oxygen atoms in total. The summed E-state index contributed by atoms with van der Waals surface area (Å²) in [6, 6.07) is 13.8. The van der Waals surface area contributed by atoms with Crippen molar-refractivity contribution in [1.82, 2.24) is 30.2 Å². The fraction of sp³-hybridized carbons (Fsp3) is 0.190. The Morgan fingerprint density at radius 1 is 1.07 bits per heavy atom. The topological polar surface area (TPSA) is 98.7 Å². The van der Waals surface area contributed by atoms with Crippen LogP contribution in [0.3, 0.4) is 0 Å². The summed E-state index contributed by atoms with van der Waals surface area (Å²) in [6.07, 6.45) is 7.70. The summed E-state index contributed by atoms with van der Waals surface area (Å²) in [5, 5.41) is 11.2. The summed E-state index contributed by atoms with van der Waals surface area (Å²) < 4.78 is 7.07. The number of pyridine rings is 1. The standard InChI is InChI=1S/C21H20N6O2/c28-19(8-9-20-25-21(26-29-20)18-7-4-10-22-13-18)23-11-17-12-24-27(15-17)14-16-5-2-1-3-6-16/h1-7,10,12-13,15H,8-9,11,14H2,(H,23,28). The molecule has 1 aromatic carbocycles. The van der Waals surface area contributed by atoms with Crippen LogP contribution in [0.4, 0.5) is 0 Å². The second-order valence-corrected chi connectivity index (χ2v) is 6.56. The normalized spacial score (nSPS) is 10.8. The summed E-state index contributed by atoms with van der Waals surface area (Å²) in [7, 11) is 0. The lowest BCUT2D eigenvalue weighted by Crippen LogP contribution is -2.22. The average Bonchev–Trinajstić information content (AvgIpc) is 3.42. The number of rotatable bonds is 8. The van der Waals surface area contributed by atoms with E-state index in [2.05, 4.69) is 37.7 Å². The van der Waals surface area contributed by atoms with Gasteiger partial charge in [-0.05, 0) is 17.7 Å². The van der Waals surface area contributed by atoms with E-state index >= 15 is 0 Å². The number of nitrogens with one attached hydrogen (secondary N) is 1. The van der Waals surface area contributed by atoms with Gasteiger partial charge >= 0.3 is 0 Å². The van der Waals surface area contributed by atoms with Gasteiger partial charge in [-0.15, -0.1) is 0 Å². The smallest absolute Gasteiger partial charge is 0.227 e. The maximum absolute atomic E-state index is 12.1. The van der Waals surface area contributed by atoms with Crippen molar-refractivity contribution in [2.45, 2.75) is 25.9 Å². The second-order valence-electron chi connectivity index (χ2n) is 6.56. The molecule has 1 amide bonds. The summed E-state index contributed by atoms with van der Waals surface area (Å²) in [4.78, 5) is 20.5. The molecule has 0 aliphatic carbocycles. The van der Waals surface area contributed by atoms with Crippen molar-refractivity contribution in [3.05, 3.63) is 84.3 Å². The van der Waals surface area contributed by atoms with Crippen molar-refractivity contribution < 1.29 is 9.32 Å². The van der Waals surface area contributed by atoms with E-state index in [0.717, 1.165) is 11.1 Å². The number of hydrogen-bond acceptors (Lipinski definition) is 6. The SMILES string of the molecule is O=C(CCc1nc(-c2cccnc2)no1)NCc1cnn(Cc2ccccc2)c1. The molecule has 1 N–H and O–H groups in total. The number of carbonyl (C=O) groups is 1. The molecule has 4 rings (SSSR count). The van der Waals surface area contributed by atoms with Crippen molar-refractivity contribution in [2.75, 3.05) is 0 Å². The van der Waals surface area contributed by atoms with Crippen LogP contribution in [-0.2, 0) is 24.3 Å². The first-order chi connectivity index (χ1) is 14.3. The number of benzene rings is 1. The van der Waals surface area contributed by atoms with Crippen LogP contribution >= 0.6 is 0 Å². The number of hydrogen-bond donors (Lipinski definition) is 1. The molecule has 4 aromatic rings. The molecule has 0 fully saturated rings. The second kappa shape index (κ2) is 8.92. The fourth-order valence-electron chi connectivity index (χ4n) is 2.83. The van der Waals surface area contributed by atoms with Gasteiger partial charge < -0.3 is 9.84 Å². The quantitative estimate of drug-likeness (QED) is 0.498. The molecule has 3 heterocycles. The van der Waals surface area contributed by atoms with Gasteiger partial charge in [-0.25, -0.2) is 0 Å². The Bertz CT molecular complexity index is 1060. The van der Waals surface area contributed by atoms with Crippen LogP contribution in [0.15, 0.2) is 71.8 Å². The maximum Gasteiger partial charge on any atom is 0.227 e. The predicted octanol–water partition coefficient (Wildman–Crippen LogP) is 2.63. The van der Waals surface area contributed by atoms with Gasteiger partial charge in [0.1, 0.15) is 0 Å². The molecule has 146 valence electrons. The number of aromatic nitrogens is 5. The Hall–Kier alpha value is -3.81. The van der Waals surface area contributed by atoms with Gasteiger partial charge in [-0.3, -0.25) is 14.5 Å². The van der Waals surface area contributed by atoms with Gasteiger partial charge in [0.05, 0.1) is 12.7 Å². The summed E-state index contributed by atoms with van der Waals surface area (Å²) >= 11 is 0. The van der Waals surface area contributed by atoms with Crippen LogP contribution in [0.2, 0.25) is 0 Å². The van der Waals surface area contributed by atoms with Crippen molar-refractivity contribution >= 4 is 5.91 Å². The third kappa shape index (κ3) is 5.13. The van der Waals surface area contributed by atoms with E-state index in [1.54, 1.807) is 24.7 Å². The number of aryl methyl sites for hydroxylation is 1. The minimum absolute atomic E-state index is 0.0815. The Labute approximate surface area is 167 Å². The maximum atomic E-state index is 12.1. The lowest BCUT2D eigenvalue weighted by atomic mass is 10.2. The van der Waals surface area contributed by atoms with Crippen molar-refractivity contribution in [2.24, 2.45) is 0 Å². The highest BCUT2D eigenvalue weighted by molar-refractivity contribution is 5.76. The first kappa shape index (κ1) is 18.5. The molecule has 8 heteroatoms. The lowest BCUT2D eigenvalue weighted by Gasteiger charge is -2.02. The van der Waals surface area contributed by atoms with E-state index in [0.29, 0.717) is 31.2 Å². The summed E-state index contributed by atoms with van der Waals surface area (Å²) in [5.41, 5.74) is 2.90. The molecule has 29 heavy (non-hydrogen) atoms. The van der Waals surface area contributed by atoms with Gasteiger partial charge in [-0.2, -0.15) is 10.1 Å². The van der Waals surface area contributed by atoms with E-state index in [9.17, 15) is 4.79 Å². The van der Waals surface area contributed by atoms with Crippen LogP contribution in [0.25, 0.3) is 11.4 Å². The van der Waals surface area contributed by atoms with Crippen molar-refractivity contribution in [1.29, 1.82) is 0 Å². The highest BCUT2D eigenvalue weighted by Gasteiger charge is 2.11. The van der Waals surface area contributed by atoms with Crippen LogP contribution in [0.1, 0.15) is 23.4 Å². The third-order valence-electron chi connectivity index (χ3n) is 4.32. The average molecular weight is 388 g/mol. The summed E-state index contributed by atoms with van der Waals surface area (Å²) in [5.74, 6) is 0.816. The summed E-state index contributed by atoms with van der Waals surface area (Å²) in [6.45, 7) is 1.13. The molecule has 0 aliphatic heterocycles. The number of carbonyl (C=O) groups excluding carboxylic acids is 1. The molecule has 0 unspecified atom stereocenters. The monoisotopic (exact) mass is 388 g/mol. The zero-order chi connectivity index (χ0) is 19.9. The molecule has 0 radical (unpaired) electrons. The Balaban J connectivity index is 1.23. The Morgan fingerprint density at radius 3 is 2.79 bits per heavy atom.